The maximum Gasteiger partial charge on any atom is 0.319 e. The molecule has 9 heteroatoms. The van der Waals surface area contributed by atoms with E-state index >= 15 is 0 Å². The number of aldehydes is 1. The lowest BCUT2D eigenvalue weighted by Crippen LogP contribution is -2.46. The lowest BCUT2D eigenvalue weighted by molar-refractivity contribution is -0.384. The van der Waals surface area contributed by atoms with Crippen LogP contribution >= 0.6 is 0 Å². The molecule has 0 fully saturated rings. The first-order valence-corrected chi connectivity index (χ1v) is 10.1. The Balaban J connectivity index is 1.98. The van der Waals surface area contributed by atoms with Crippen LogP contribution in [-0.2, 0) is 20.7 Å². The number of hydrogen-bond donors (Lipinski definition) is 0. The van der Waals surface area contributed by atoms with Crippen molar-refractivity contribution in [3.8, 4) is 0 Å². The zero-order valence-corrected chi connectivity index (χ0v) is 17.6. The topological polar surface area (TPSA) is 124 Å². The molecular formula is C23H22N2O7. The van der Waals surface area contributed by atoms with Crippen molar-refractivity contribution >= 4 is 29.8 Å². The summed E-state index contributed by atoms with van der Waals surface area (Å²) in [5.41, 5.74) is -0.591. The van der Waals surface area contributed by atoms with Gasteiger partial charge in [-0.1, -0.05) is 24.3 Å². The Morgan fingerprint density at radius 2 is 1.69 bits per heavy atom. The number of nitro benzene ring substituents is 1. The number of carbonyl (C=O) groups is 4. The number of nitro groups is 1. The fraction of sp³-hybridized carbons (Fsp3) is 0.304. The molecule has 32 heavy (non-hydrogen) atoms. The zero-order valence-electron chi connectivity index (χ0n) is 17.6. The minimum absolute atomic E-state index is 0.0717. The molecule has 1 unspecified atom stereocenters. The van der Waals surface area contributed by atoms with E-state index in [1.807, 2.05) is 0 Å². The van der Waals surface area contributed by atoms with Crippen LogP contribution in [0.2, 0.25) is 0 Å². The fourth-order valence-electron chi connectivity index (χ4n) is 3.79. The van der Waals surface area contributed by atoms with Crippen LogP contribution in [0.4, 0.5) is 5.69 Å². The van der Waals surface area contributed by atoms with Crippen LogP contribution in [0, 0.1) is 15.5 Å². The lowest BCUT2D eigenvalue weighted by Gasteiger charge is -2.32. The molecule has 0 aromatic heterocycles. The van der Waals surface area contributed by atoms with Gasteiger partial charge in [-0.05, 0) is 44.4 Å². The number of rotatable bonds is 9. The second kappa shape index (κ2) is 9.09. The Hall–Kier alpha value is -3.88. The summed E-state index contributed by atoms with van der Waals surface area (Å²) in [6.45, 7) is 3.09. The predicted octanol–water partition coefficient (Wildman–Crippen LogP) is 2.96. The first-order valence-electron chi connectivity index (χ1n) is 10.1. The van der Waals surface area contributed by atoms with Crippen LogP contribution < -0.4 is 0 Å². The molecule has 0 spiro atoms. The van der Waals surface area contributed by atoms with Gasteiger partial charge in [0.05, 0.1) is 22.7 Å². The smallest absolute Gasteiger partial charge is 0.319 e. The third kappa shape index (κ3) is 4.27. The van der Waals surface area contributed by atoms with Gasteiger partial charge < -0.3 is 9.53 Å². The Morgan fingerprint density at radius 3 is 2.16 bits per heavy atom. The fourth-order valence-corrected chi connectivity index (χ4v) is 3.79. The van der Waals surface area contributed by atoms with E-state index in [9.17, 15) is 29.3 Å². The van der Waals surface area contributed by atoms with Crippen molar-refractivity contribution in [1.29, 1.82) is 0 Å². The largest absolute Gasteiger partial charge is 0.465 e. The highest BCUT2D eigenvalue weighted by molar-refractivity contribution is 6.21. The van der Waals surface area contributed by atoms with Gasteiger partial charge in [0.25, 0.3) is 17.5 Å². The molecule has 0 N–H and O–H groups in total. The van der Waals surface area contributed by atoms with E-state index < -0.39 is 34.2 Å². The van der Waals surface area contributed by atoms with Crippen LogP contribution in [0.5, 0.6) is 0 Å². The van der Waals surface area contributed by atoms with Gasteiger partial charge in [-0.15, -0.1) is 0 Å². The summed E-state index contributed by atoms with van der Waals surface area (Å²) in [6, 6.07) is 11.2. The average molecular weight is 438 g/mol. The Labute approximate surface area is 184 Å². The normalized spacial score (nSPS) is 15.6. The van der Waals surface area contributed by atoms with E-state index in [1.54, 1.807) is 31.2 Å². The summed E-state index contributed by atoms with van der Waals surface area (Å²) >= 11 is 0. The molecule has 1 heterocycles. The number of esters is 1. The van der Waals surface area contributed by atoms with Gasteiger partial charge in [-0.3, -0.25) is 29.4 Å². The van der Waals surface area contributed by atoms with Gasteiger partial charge in [-0.25, -0.2) is 0 Å². The summed E-state index contributed by atoms with van der Waals surface area (Å²) < 4.78 is 5.04. The van der Waals surface area contributed by atoms with Gasteiger partial charge in [0, 0.05) is 18.2 Å². The van der Waals surface area contributed by atoms with Crippen LogP contribution in [0.1, 0.15) is 46.5 Å². The Morgan fingerprint density at radius 1 is 1.12 bits per heavy atom. The van der Waals surface area contributed by atoms with Crippen LogP contribution in [0.3, 0.4) is 0 Å². The molecular weight excluding hydrogens is 416 g/mol. The maximum atomic E-state index is 13.1. The van der Waals surface area contributed by atoms with Gasteiger partial charge in [0.15, 0.2) is 0 Å². The standard InChI is InChI=1S/C23H22N2O7/c1-3-32-22(29)23(2,14-26)13-17(12-15-8-10-16(11-9-15)25(30)31)24-20(27)18-6-4-5-7-19(18)21(24)28/h4-11,14,17H,3,12-13H2,1-2H3/t17-,23?/m0/s1. The molecule has 1 aliphatic heterocycles. The quantitative estimate of drug-likeness (QED) is 0.147. The van der Waals surface area contributed by atoms with Crippen molar-refractivity contribution in [2.75, 3.05) is 6.61 Å². The molecule has 2 amide bonds. The van der Waals surface area contributed by atoms with E-state index in [0.717, 1.165) is 4.90 Å². The summed E-state index contributed by atoms with van der Waals surface area (Å²) in [6.07, 6.45) is 0.413. The minimum atomic E-state index is -1.59. The number of non-ortho nitro benzene ring substituents is 1. The minimum Gasteiger partial charge on any atom is -0.465 e. The van der Waals surface area contributed by atoms with Gasteiger partial charge in [0.1, 0.15) is 11.7 Å². The Kier molecular flexibility index (Phi) is 6.47. The molecule has 1 aliphatic rings. The van der Waals surface area contributed by atoms with Gasteiger partial charge in [0.2, 0.25) is 0 Å². The number of nitrogens with zero attached hydrogens (tertiary/aromatic N) is 2. The summed E-state index contributed by atoms with van der Waals surface area (Å²) in [4.78, 5) is 62.0. The summed E-state index contributed by atoms with van der Waals surface area (Å²) in [5.74, 6) is -1.79. The molecule has 166 valence electrons. The molecule has 0 saturated carbocycles. The third-order valence-corrected chi connectivity index (χ3v) is 5.47. The van der Waals surface area contributed by atoms with Crippen molar-refractivity contribution in [2.24, 2.45) is 5.41 Å². The molecule has 0 aliphatic carbocycles. The van der Waals surface area contributed by atoms with Gasteiger partial charge >= 0.3 is 5.97 Å². The molecule has 3 rings (SSSR count). The zero-order chi connectivity index (χ0) is 23.5. The van der Waals surface area contributed by atoms with E-state index in [0.29, 0.717) is 11.8 Å². The van der Waals surface area contributed by atoms with E-state index in [1.165, 1.54) is 31.2 Å². The number of imide groups is 1. The van der Waals surface area contributed by atoms with Crippen LogP contribution in [-0.4, -0.2) is 46.5 Å². The molecule has 2 aromatic carbocycles. The van der Waals surface area contributed by atoms with Crippen molar-refractivity contribution in [1.82, 2.24) is 4.90 Å². The number of ether oxygens (including phenoxy) is 1. The van der Waals surface area contributed by atoms with Crippen LogP contribution in [0.25, 0.3) is 0 Å². The Bertz CT molecular complexity index is 1050. The van der Waals surface area contributed by atoms with Crippen molar-refractivity contribution < 1.29 is 28.8 Å². The summed E-state index contributed by atoms with van der Waals surface area (Å²) in [7, 11) is 0. The maximum absolute atomic E-state index is 13.1. The second-order valence-electron chi connectivity index (χ2n) is 7.77. The number of fused-ring (bicyclic) bond motifs is 1. The van der Waals surface area contributed by atoms with E-state index in [2.05, 4.69) is 0 Å². The van der Waals surface area contributed by atoms with E-state index in [4.69, 9.17) is 4.74 Å². The number of carbonyl (C=O) groups excluding carboxylic acids is 4. The van der Waals surface area contributed by atoms with E-state index in [-0.39, 0.29) is 36.3 Å². The third-order valence-electron chi connectivity index (χ3n) is 5.47. The molecule has 0 radical (unpaired) electrons. The predicted molar refractivity (Wildman–Crippen MR) is 113 cm³/mol. The lowest BCUT2D eigenvalue weighted by atomic mass is 9.82. The van der Waals surface area contributed by atoms with Crippen LogP contribution in [0.15, 0.2) is 48.5 Å². The molecule has 0 bridgehead atoms. The highest BCUT2D eigenvalue weighted by Crippen LogP contribution is 2.32. The molecule has 2 aromatic rings. The number of benzene rings is 2. The van der Waals surface area contributed by atoms with Crippen molar-refractivity contribution in [2.45, 2.75) is 32.7 Å². The van der Waals surface area contributed by atoms with Crippen molar-refractivity contribution in [3.05, 3.63) is 75.3 Å². The van der Waals surface area contributed by atoms with Gasteiger partial charge in [-0.2, -0.15) is 0 Å². The highest BCUT2D eigenvalue weighted by Gasteiger charge is 2.45. The summed E-state index contributed by atoms with van der Waals surface area (Å²) in [5, 5.41) is 10.9. The molecule has 2 atom stereocenters. The second-order valence-corrected chi connectivity index (χ2v) is 7.77. The first kappa shape index (κ1) is 22.8. The number of amides is 2. The molecule has 0 saturated heterocycles. The molecule has 9 nitrogen and oxygen atoms in total. The monoisotopic (exact) mass is 438 g/mol. The van der Waals surface area contributed by atoms with Crippen molar-refractivity contribution in [3.63, 3.8) is 0 Å². The SMILES string of the molecule is CCOC(=O)C(C)(C=O)C[C@H](Cc1ccc([N+](=O)[O-])cc1)N1C(=O)c2ccccc2C1=O. The first-order chi connectivity index (χ1) is 15.2. The highest BCUT2D eigenvalue weighted by atomic mass is 16.6. The number of hydrogen-bond acceptors (Lipinski definition) is 7. The average Bonchev–Trinajstić information content (AvgIpc) is 3.04.